The smallest absolute Gasteiger partial charge is 0.272 e. The van der Waals surface area contributed by atoms with E-state index < -0.39 is 11.7 Å². The number of carbonyl (C=O) groups excluding carboxylic acids is 4. The number of amides is 2. The van der Waals surface area contributed by atoms with E-state index in [1.807, 2.05) is 18.2 Å². The van der Waals surface area contributed by atoms with Gasteiger partial charge in [-0.3, -0.25) is 24.0 Å². The average Bonchev–Trinajstić information content (AvgIpc) is 3.59. The van der Waals surface area contributed by atoms with Crippen molar-refractivity contribution in [2.24, 2.45) is 34.5 Å². The molecule has 3 aromatic rings. The lowest BCUT2D eigenvalue weighted by molar-refractivity contribution is -0.135. The van der Waals surface area contributed by atoms with E-state index in [1.54, 1.807) is 34.1 Å². The van der Waals surface area contributed by atoms with Crippen LogP contribution in [0.4, 0.5) is 4.39 Å². The predicted octanol–water partition coefficient (Wildman–Crippen LogP) is 7.23. The van der Waals surface area contributed by atoms with Gasteiger partial charge in [-0.2, -0.15) is 5.10 Å². The number of hydrogen-bond donors (Lipinski definition) is 1. The Morgan fingerprint density at radius 3 is 2.47 bits per heavy atom. The van der Waals surface area contributed by atoms with E-state index in [-0.39, 0.29) is 46.2 Å². The molecular formula is C47H57FN4O6. The number of nitrogens with one attached hydrogen (secondary N) is 1. The highest BCUT2D eigenvalue weighted by molar-refractivity contribution is 5.95. The highest BCUT2D eigenvalue weighted by Gasteiger charge is 2.60. The summed E-state index contributed by atoms with van der Waals surface area (Å²) in [5.41, 5.74) is 2.59. The van der Waals surface area contributed by atoms with Crippen LogP contribution < -0.4 is 5.56 Å². The van der Waals surface area contributed by atoms with E-state index in [1.165, 1.54) is 11.6 Å². The van der Waals surface area contributed by atoms with Crippen LogP contribution in [0.15, 0.2) is 58.9 Å². The molecule has 0 spiro atoms. The molecule has 58 heavy (non-hydrogen) atoms. The van der Waals surface area contributed by atoms with Crippen LogP contribution in [0.5, 0.6) is 0 Å². The molecule has 8 rings (SSSR count). The number of carbonyl (C=O) groups is 4. The van der Waals surface area contributed by atoms with Gasteiger partial charge in [0.05, 0.1) is 16.6 Å². The fourth-order valence-electron chi connectivity index (χ4n) is 11.9. The molecule has 11 heteroatoms. The van der Waals surface area contributed by atoms with Crippen molar-refractivity contribution in [3.63, 3.8) is 0 Å². The number of halogens is 1. The zero-order valence-electron chi connectivity index (χ0n) is 34.0. The maximum absolute atomic E-state index is 15.0. The van der Waals surface area contributed by atoms with Crippen LogP contribution in [0.25, 0.3) is 10.8 Å². The minimum Gasteiger partial charge on any atom is -0.374 e. The molecule has 308 valence electrons. The lowest BCUT2D eigenvalue weighted by Crippen LogP contribution is -2.51. The third kappa shape index (κ3) is 7.71. The van der Waals surface area contributed by atoms with Crippen molar-refractivity contribution < 1.29 is 28.3 Å². The van der Waals surface area contributed by atoms with Gasteiger partial charge in [-0.25, -0.2) is 9.49 Å². The summed E-state index contributed by atoms with van der Waals surface area (Å²) in [6, 6.07) is 11.6. The molecule has 1 aliphatic heterocycles. The Labute approximate surface area is 340 Å². The molecule has 4 fully saturated rings. The fraction of sp³-hybridized carbons (Fsp3) is 0.574. The minimum absolute atomic E-state index is 0.0200. The molecule has 10 nitrogen and oxygen atoms in total. The summed E-state index contributed by atoms with van der Waals surface area (Å²) in [4.78, 5) is 67.8. The number of unbranched alkanes of at least 4 members (excludes halogenated alkanes) is 2. The molecule has 2 aromatic carbocycles. The number of benzene rings is 2. The van der Waals surface area contributed by atoms with Gasteiger partial charge in [0.25, 0.3) is 11.5 Å². The number of rotatable bonds is 12. The Balaban J connectivity index is 0.739. The van der Waals surface area contributed by atoms with Crippen molar-refractivity contribution in [3.8, 4) is 0 Å². The Hall–Kier alpha value is -4.51. The first-order valence-corrected chi connectivity index (χ1v) is 21.6. The van der Waals surface area contributed by atoms with Crippen molar-refractivity contribution >= 4 is 34.2 Å². The number of Topliss-reactive ketones (excluding diaryl/α,β-unsaturated/α-hetero) is 1. The molecule has 3 unspecified atom stereocenters. The van der Waals surface area contributed by atoms with E-state index in [0.29, 0.717) is 97.6 Å². The lowest BCUT2D eigenvalue weighted by Gasteiger charge is -2.58. The van der Waals surface area contributed by atoms with Gasteiger partial charge in [-0.05, 0) is 116 Å². The molecule has 0 radical (unpaired) electrons. The normalized spacial score (nSPS) is 28.1. The van der Waals surface area contributed by atoms with Gasteiger partial charge in [0.1, 0.15) is 12.4 Å². The standard InChI is InChI=1S/C47H57FN4O6/c1-46-19-17-32(53)28-31(46)12-13-35-37-14-15-39(47(37,2)20-18-38(35)46)42(54)29-58-25-7-3-4-10-43(55)51-21-23-52(24-22-51)45(57)36-26-30(11-16-40(36)48)27-41-33-8-5-6-9-34(33)44(56)50-49-41/h5-6,8-9,11,16,26,28,35,37-39H,3-4,7,10,12-15,17-25,27,29H2,1-2H3,(H,50,56)/t35-,37?,38?,39+,46?,47-/m0/s1. The van der Waals surface area contributed by atoms with Gasteiger partial charge in [-0.1, -0.05) is 50.1 Å². The number of hydrogen-bond acceptors (Lipinski definition) is 7. The predicted molar refractivity (Wildman–Crippen MR) is 219 cm³/mol. The largest absolute Gasteiger partial charge is 0.374 e. The summed E-state index contributed by atoms with van der Waals surface area (Å²) in [5.74, 6) is 1.45. The fourth-order valence-corrected chi connectivity index (χ4v) is 11.9. The number of fused-ring (bicyclic) bond motifs is 6. The molecule has 2 amide bonds. The SMILES string of the molecule is CC12CCC(=O)C=C1CC[C@@H]1C2CC[C@@]2(C)C1CC[C@@H]2C(=O)COCCCCCC(=O)N1CCN(C(=O)c2cc(Cc3n[nH]c(=O)c4ccccc34)ccc2F)CC1. The Bertz CT molecular complexity index is 2170. The highest BCUT2D eigenvalue weighted by atomic mass is 19.1. The van der Waals surface area contributed by atoms with E-state index in [0.717, 1.165) is 64.2 Å². The summed E-state index contributed by atoms with van der Waals surface area (Å²) >= 11 is 0. The first-order valence-electron chi connectivity index (χ1n) is 21.6. The number of ether oxygens (including phenoxy) is 1. The molecule has 0 bridgehead atoms. The third-order valence-corrected chi connectivity index (χ3v) is 15.1. The van der Waals surface area contributed by atoms with Crippen LogP contribution in [0, 0.1) is 40.3 Å². The topological polar surface area (TPSA) is 130 Å². The van der Waals surface area contributed by atoms with Crippen molar-refractivity contribution in [3.05, 3.63) is 87.1 Å². The molecule has 2 heterocycles. The molecule has 6 atom stereocenters. The Kier molecular flexibility index (Phi) is 11.5. The van der Waals surface area contributed by atoms with Gasteiger partial charge in [-0.15, -0.1) is 0 Å². The molecule has 1 saturated heterocycles. The number of allylic oxidation sites excluding steroid dienone is 1. The summed E-state index contributed by atoms with van der Waals surface area (Å²) < 4.78 is 20.9. The van der Waals surface area contributed by atoms with E-state index >= 15 is 0 Å². The monoisotopic (exact) mass is 792 g/mol. The molecule has 1 aromatic heterocycles. The van der Waals surface area contributed by atoms with Gasteiger partial charge in [0.15, 0.2) is 11.6 Å². The second-order valence-corrected chi connectivity index (χ2v) is 18.2. The van der Waals surface area contributed by atoms with E-state index in [9.17, 15) is 28.4 Å². The van der Waals surface area contributed by atoms with Crippen LogP contribution >= 0.6 is 0 Å². The van der Waals surface area contributed by atoms with Crippen molar-refractivity contribution in [1.29, 1.82) is 0 Å². The second kappa shape index (κ2) is 16.6. The first kappa shape index (κ1) is 40.3. The van der Waals surface area contributed by atoms with Crippen LogP contribution in [0.1, 0.15) is 113 Å². The first-order chi connectivity index (χ1) is 28.0. The van der Waals surface area contributed by atoms with Gasteiger partial charge in [0, 0.05) is 63.4 Å². The summed E-state index contributed by atoms with van der Waals surface area (Å²) in [5, 5.41) is 7.97. The summed E-state index contributed by atoms with van der Waals surface area (Å²) in [6.07, 6.45) is 13.1. The van der Waals surface area contributed by atoms with E-state index in [2.05, 4.69) is 24.0 Å². The molecule has 3 saturated carbocycles. The Morgan fingerprint density at radius 1 is 0.879 bits per heavy atom. The molecule has 1 N–H and O–H groups in total. The van der Waals surface area contributed by atoms with Crippen LogP contribution in [-0.2, 0) is 25.5 Å². The number of aromatic amines is 1. The number of piperazine rings is 1. The number of nitrogens with zero attached hydrogens (tertiary/aromatic N) is 3. The maximum atomic E-state index is 15.0. The Morgan fingerprint density at radius 2 is 1.66 bits per heavy atom. The quantitative estimate of drug-likeness (QED) is 0.192. The zero-order valence-corrected chi connectivity index (χ0v) is 34.0. The van der Waals surface area contributed by atoms with Crippen LogP contribution in [0.3, 0.4) is 0 Å². The van der Waals surface area contributed by atoms with Crippen molar-refractivity contribution in [1.82, 2.24) is 20.0 Å². The van der Waals surface area contributed by atoms with Crippen molar-refractivity contribution in [2.45, 2.75) is 97.3 Å². The van der Waals surface area contributed by atoms with Crippen LogP contribution in [-0.4, -0.2) is 82.8 Å². The van der Waals surface area contributed by atoms with Gasteiger partial charge >= 0.3 is 0 Å². The number of H-pyrrole nitrogens is 1. The average molecular weight is 793 g/mol. The second-order valence-electron chi connectivity index (χ2n) is 18.2. The lowest BCUT2D eigenvalue weighted by atomic mass is 9.46. The van der Waals surface area contributed by atoms with Gasteiger partial charge in [0.2, 0.25) is 5.91 Å². The zero-order chi connectivity index (χ0) is 40.6. The molecule has 5 aliphatic rings. The van der Waals surface area contributed by atoms with Crippen LogP contribution in [0.2, 0.25) is 0 Å². The van der Waals surface area contributed by atoms with Gasteiger partial charge < -0.3 is 14.5 Å². The third-order valence-electron chi connectivity index (χ3n) is 15.1. The van der Waals surface area contributed by atoms with E-state index in [4.69, 9.17) is 4.74 Å². The summed E-state index contributed by atoms with van der Waals surface area (Å²) in [7, 11) is 0. The minimum atomic E-state index is -0.603. The number of aromatic nitrogens is 2. The molecular weight excluding hydrogens is 736 g/mol. The highest BCUT2D eigenvalue weighted by Crippen LogP contribution is 2.66. The van der Waals surface area contributed by atoms with Crippen molar-refractivity contribution in [2.75, 3.05) is 39.4 Å². The maximum Gasteiger partial charge on any atom is 0.272 e. The summed E-state index contributed by atoms with van der Waals surface area (Å²) in [6.45, 7) is 6.87. The molecule has 4 aliphatic carbocycles. The number of ketones is 2.